The van der Waals surface area contributed by atoms with E-state index in [9.17, 15) is 19.3 Å². The molecule has 0 radical (unpaired) electrons. The number of halogens is 1. The summed E-state index contributed by atoms with van der Waals surface area (Å²) in [5, 5.41) is 11.0. The molecule has 0 aromatic heterocycles. The Hall–Kier alpha value is -2.00. The van der Waals surface area contributed by atoms with Crippen LogP contribution in [0.3, 0.4) is 0 Å². The van der Waals surface area contributed by atoms with Gasteiger partial charge in [-0.2, -0.15) is 4.39 Å². The molecule has 9 heteroatoms. The van der Waals surface area contributed by atoms with Crippen LogP contribution in [-0.2, 0) is 14.0 Å². The summed E-state index contributed by atoms with van der Waals surface area (Å²) in [6, 6.07) is 1.98. The van der Waals surface area contributed by atoms with Gasteiger partial charge in [-0.25, -0.2) is 4.79 Å². The number of rotatable bonds is 3. The fraction of sp³-hybridized carbons (Fsp3) is 0.500. The van der Waals surface area contributed by atoms with E-state index in [1.54, 1.807) is 27.7 Å². The van der Waals surface area contributed by atoms with Crippen molar-refractivity contribution in [1.82, 2.24) is 0 Å². The van der Waals surface area contributed by atoms with Crippen molar-refractivity contribution in [2.24, 2.45) is 0 Å². The smallest absolute Gasteiger partial charge is 0.465 e. The van der Waals surface area contributed by atoms with E-state index in [1.807, 2.05) is 0 Å². The number of hydrogen-bond acceptors (Lipinski definition) is 6. The predicted octanol–water partition coefficient (Wildman–Crippen LogP) is 1.82. The molecule has 0 spiro atoms. The third kappa shape index (κ3) is 2.94. The third-order valence-corrected chi connectivity index (χ3v) is 4.21. The molecule has 2 rings (SSSR count). The van der Waals surface area contributed by atoms with Crippen molar-refractivity contribution >= 4 is 24.2 Å². The molecule has 0 atom stereocenters. The van der Waals surface area contributed by atoms with E-state index in [4.69, 9.17) is 9.31 Å². The average Bonchev–Trinajstić information content (AvgIpc) is 2.66. The van der Waals surface area contributed by atoms with Crippen molar-refractivity contribution < 1.29 is 28.2 Å². The Balaban J connectivity index is 2.56. The van der Waals surface area contributed by atoms with Gasteiger partial charge in [-0.05, 0) is 33.8 Å². The highest BCUT2D eigenvalue weighted by Gasteiger charge is 2.53. The van der Waals surface area contributed by atoms with Crippen molar-refractivity contribution in [3.8, 4) is 0 Å². The van der Waals surface area contributed by atoms with E-state index in [2.05, 4.69) is 4.74 Å². The Morgan fingerprint density at radius 2 is 1.78 bits per heavy atom. The summed E-state index contributed by atoms with van der Waals surface area (Å²) in [6.07, 6.45) is 0. The van der Waals surface area contributed by atoms with Gasteiger partial charge < -0.3 is 14.0 Å². The summed E-state index contributed by atoms with van der Waals surface area (Å²) < 4.78 is 30.4. The van der Waals surface area contributed by atoms with Crippen LogP contribution in [0.2, 0.25) is 0 Å². The van der Waals surface area contributed by atoms with Gasteiger partial charge in [0.25, 0.3) is 0 Å². The molecule has 1 aliphatic rings. The van der Waals surface area contributed by atoms with Crippen molar-refractivity contribution in [1.29, 1.82) is 0 Å². The van der Waals surface area contributed by atoms with Gasteiger partial charge >= 0.3 is 18.8 Å². The largest absolute Gasteiger partial charge is 0.498 e. The molecule has 7 nitrogen and oxygen atoms in total. The highest BCUT2D eigenvalue weighted by molar-refractivity contribution is 6.62. The maximum absolute atomic E-state index is 14.5. The topological polar surface area (TPSA) is 87.9 Å². The number of ether oxygens (including phenoxy) is 1. The van der Waals surface area contributed by atoms with Gasteiger partial charge in [-0.3, -0.25) is 10.1 Å². The highest BCUT2D eigenvalue weighted by Crippen LogP contribution is 2.37. The zero-order valence-electron chi connectivity index (χ0n) is 13.5. The van der Waals surface area contributed by atoms with Crippen LogP contribution in [0, 0.1) is 15.9 Å². The molecular formula is C14H17BFNO6. The number of methoxy groups -OCH3 is 1. The summed E-state index contributed by atoms with van der Waals surface area (Å²) >= 11 is 0. The lowest BCUT2D eigenvalue weighted by Gasteiger charge is -2.32. The second-order valence-electron chi connectivity index (χ2n) is 6.24. The van der Waals surface area contributed by atoms with Gasteiger partial charge in [0, 0.05) is 11.5 Å². The van der Waals surface area contributed by atoms with Crippen molar-refractivity contribution in [2.75, 3.05) is 7.11 Å². The molecule has 1 fully saturated rings. The lowest BCUT2D eigenvalue weighted by atomic mass is 9.77. The minimum Gasteiger partial charge on any atom is -0.465 e. The standard InChI is InChI=1S/C14H17BFNO6/c1-13(2)14(3,4)23-15(22-13)9-6-8(12(18)21-5)7-10(11(9)16)17(19)20/h6-7H,1-5H3. The highest BCUT2D eigenvalue weighted by atomic mass is 19.1. The zero-order chi connectivity index (χ0) is 17.6. The van der Waals surface area contributed by atoms with Crippen LogP contribution in [-0.4, -0.2) is 36.3 Å². The van der Waals surface area contributed by atoms with E-state index in [0.29, 0.717) is 0 Å². The number of nitro benzene ring substituents is 1. The molecule has 1 aliphatic heterocycles. The SMILES string of the molecule is COC(=O)c1cc(B2OC(C)(C)C(C)(C)O2)c(F)c([N+](=O)[O-])c1. The average molecular weight is 325 g/mol. The Bertz CT molecular complexity index is 659. The number of hydrogen-bond donors (Lipinski definition) is 0. The van der Waals surface area contributed by atoms with Crippen molar-refractivity contribution in [2.45, 2.75) is 38.9 Å². The van der Waals surface area contributed by atoms with Crippen LogP contribution in [0.4, 0.5) is 10.1 Å². The Morgan fingerprint density at radius 1 is 1.26 bits per heavy atom. The van der Waals surface area contributed by atoms with Gasteiger partial charge in [0.2, 0.25) is 0 Å². The van der Waals surface area contributed by atoms with E-state index >= 15 is 0 Å². The number of carbonyl (C=O) groups excluding carboxylic acids is 1. The van der Waals surface area contributed by atoms with Crippen molar-refractivity contribution in [3.63, 3.8) is 0 Å². The summed E-state index contributed by atoms with van der Waals surface area (Å²) in [7, 11) is -0.0327. The Kier molecular flexibility index (Phi) is 4.21. The van der Waals surface area contributed by atoms with Crippen LogP contribution in [0.25, 0.3) is 0 Å². The molecule has 0 amide bonds. The fourth-order valence-corrected chi connectivity index (χ4v) is 2.14. The molecule has 1 aromatic rings. The first-order valence-electron chi connectivity index (χ1n) is 6.92. The fourth-order valence-electron chi connectivity index (χ4n) is 2.14. The summed E-state index contributed by atoms with van der Waals surface area (Å²) in [6.45, 7) is 7.07. The number of esters is 1. The number of nitrogens with zero attached hydrogens (tertiary/aromatic N) is 1. The van der Waals surface area contributed by atoms with Crippen LogP contribution < -0.4 is 5.46 Å². The summed E-state index contributed by atoms with van der Waals surface area (Å²) in [5.74, 6) is -1.91. The number of carbonyl (C=O) groups is 1. The first-order valence-corrected chi connectivity index (χ1v) is 6.92. The maximum atomic E-state index is 14.5. The molecule has 0 N–H and O–H groups in total. The first kappa shape index (κ1) is 17.4. The monoisotopic (exact) mass is 325 g/mol. The molecule has 0 aliphatic carbocycles. The first-order chi connectivity index (χ1) is 10.5. The number of nitro groups is 1. The molecule has 124 valence electrons. The van der Waals surface area contributed by atoms with Crippen molar-refractivity contribution in [3.05, 3.63) is 33.6 Å². The molecule has 1 heterocycles. The van der Waals surface area contributed by atoms with E-state index in [0.717, 1.165) is 19.2 Å². The van der Waals surface area contributed by atoms with Gasteiger partial charge in [0.05, 0.1) is 28.8 Å². The second kappa shape index (κ2) is 5.57. The molecule has 0 saturated carbocycles. The Morgan fingerprint density at radius 3 is 2.22 bits per heavy atom. The predicted molar refractivity (Wildman–Crippen MR) is 80.1 cm³/mol. The minimum atomic E-state index is -1.16. The third-order valence-electron chi connectivity index (χ3n) is 4.21. The minimum absolute atomic E-state index is 0.148. The van der Waals surface area contributed by atoms with Crippen LogP contribution in [0.1, 0.15) is 38.1 Å². The van der Waals surface area contributed by atoms with E-state index in [1.165, 1.54) is 0 Å². The molecule has 1 aromatic carbocycles. The normalized spacial score (nSPS) is 18.8. The van der Waals surface area contributed by atoms with Gasteiger partial charge in [-0.15, -0.1) is 0 Å². The summed E-state index contributed by atoms with van der Waals surface area (Å²) in [4.78, 5) is 21.8. The lowest BCUT2D eigenvalue weighted by Crippen LogP contribution is -2.41. The molecule has 1 saturated heterocycles. The maximum Gasteiger partial charge on any atom is 0.498 e. The zero-order valence-corrected chi connectivity index (χ0v) is 13.5. The van der Waals surface area contributed by atoms with Gasteiger partial charge in [0.1, 0.15) is 0 Å². The quantitative estimate of drug-likeness (QED) is 0.365. The second-order valence-corrected chi connectivity index (χ2v) is 6.24. The molecule has 23 heavy (non-hydrogen) atoms. The summed E-state index contributed by atoms with van der Waals surface area (Å²) in [5.41, 5.74) is -2.69. The van der Waals surface area contributed by atoms with Crippen LogP contribution in [0.15, 0.2) is 12.1 Å². The molecule has 0 bridgehead atoms. The molecular weight excluding hydrogens is 308 g/mol. The lowest BCUT2D eigenvalue weighted by molar-refractivity contribution is -0.387. The Labute approximate surface area is 133 Å². The van der Waals surface area contributed by atoms with Crippen LogP contribution in [0.5, 0.6) is 0 Å². The van der Waals surface area contributed by atoms with E-state index in [-0.39, 0.29) is 11.0 Å². The van der Waals surface area contributed by atoms with Crippen LogP contribution >= 0.6 is 0 Å². The van der Waals surface area contributed by atoms with Gasteiger partial charge in [-0.1, -0.05) is 0 Å². The van der Waals surface area contributed by atoms with Gasteiger partial charge in [0.15, 0.2) is 5.82 Å². The van der Waals surface area contributed by atoms with E-state index < -0.39 is 40.7 Å². The number of benzene rings is 1. The molecule has 0 unspecified atom stereocenters.